The van der Waals surface area contributed by atoms with Gasteiger partial charge >= 0.3 is 0 Å². The molecule has 0 aliphatic carbocycles. The number of aryl methyl sites for hydroxylation is 1. The predicted molar refractivity (Wildman–Crippen MR) is 138 cm³/mol. The maximum absolute atomic E-state index is 14.7. The summed E-state index contributed by atoms with van der Waals surface area (Å²) in [6.45, 7) is 4.76. The molecule has 1 saturated heterocycles. The molecule has 10 nitrogen and oxygen atoms in total. The summed E-state index contributed by atoms with van der Waals surface area (Å²) >= 11 is 0. The summed E-state index contributed by atoms with van der Waals surface area (Å²) in [5.41, 5.74) is 2.41. The van der Waals surface area contributed by atoms with E-state index in [1.165, 1.54) is 17.2 Å². The van der Waals surface area contributed by atoms with E-state index < -0.39 is 23.8 Å². The molecule has 13 heteroatoms. The number of nitrogens with one attached hydrogen (secondary N) is 2. The molecule has 3 aromatic rings. The molecule has 0 spiro atoms. The molecule has 4 rings (SSSR count). The molecule has 2 aromatic carbocycles. The summed E-state index contributed by atoms with van der Waals surface area (Å²) in [6.07, 6.45) is -2.89. The number of aromatic nitrogens is 1. The molecule has 0 amide bonds. The molecule has 1 fully saturated rings. The number of piperazine rings is 1. The van der Waals surface area contributed by atoms with Gasteiger partial charge in [-0.15, -0.1) is 0 Å². The van der Waals surface area contributed by atoms with Crippen molar-refractivity contribution in [3.05, 3.63) is 64.6 Å². The van der Waals surface area contributed by atoms with Gasteiger partial charge in [-0.25, -0.2) is 13.2 Å². The Bertz CT molecular complexity index is 1260. The zero-order valence-electron chi connectivity index (χ0n) is 21.6. The highest BCUT2D eigenvalue weighted by Crippen LogP contribution is 2.37. The molecule has 1 aromatic heterocycles. The van der Waals surface area contributed by atoms with E-state index in [0.29, 0.717) is 36.6 Å². The molecule has 39 heavy (non-hydrogen) atoms. The van der Waals surface area contributed by atoms with E-state index in [2.05, 4.69) is 15.6 Å². The van der Waals surface area contributed by atoms with Gasteiger partial charge < -0.3 is 30.8 Å². The van der Waals surface area contributed by atoms with Crippen molar-refractivity contribution in [3.8, 4) is 5.75 Å². The Kier molecular flexibility index (Phi) is 11.9. The van der Waals surface area contributed by atoms with E-state index in [0.717, 1.165) is 22.7 Å². The smallest absolute Gasteiger partial charge is 0.290 e. The SMILES string of the molecule is COc1cc2nc(C)cc(NC(C)c3cccc(C(F)F)c3F)c2cc1[C@@H]1CNCCN1O.O=CO.O=CO. The third kappa shape index (κ3) is 7.78. The minimum absolute atomic E-state index is 0.155. The monoisotopic (exact) mass is 552 g/mol. The Morgan fingerprint density at radius 1 is 1.18 bits per heavy atom. The third-order valence-corrected chi connectivity index (χ3v) is 5.99. The molecule has 1 aliphatic rings. The van der Waals surface area contributed by atoms with Gasteiger partial charge in [0.15, 0.2) is 0 Å². The van der Waals surface area contributed by atoms with Crippen LogP contribution in [0.15, 0.2) is 36.4 Å². The zero-order chi connectivity index (χ0) is 29.1. The number of hydrogen-bond donors (Lipinski definition) is 5. The maximum Gasteiger partial charge on any atom is 0.290 e. The first-order valence-electron chi connectivity index (χ1n) is 11.8. The lowest BCUT2D eigenvalue weighted by atomic mass is 9.99. The first-order valence-corrected chi connectivity index (χ1v) is 11.8. The van der Waals surface area contributed by atoms with Gasteiger partial charge in [-0.2, -0.15) is 5.06 Å². The van der Waals surface area contributed by atoms with Crippen molar-refractivity contribution in [3.63, 3.8) is 0 Å². The third-order valence-electron chi connectivity index (χ3n) is 5.99. The minimum Gasteiger partial charge on any atom is -0.496 e. The Balaban J connectivity index is 0.000000815. The van der Waals surface area contributed by atoms with Crippen LogP contribution in [0.25, 0.3) is 10.9 Å². The van der Waals surface area contributed by atoms with Gasteiger partial charge in [0.05, 0.1) is 30.3 Å². The van der Waals surface area contributed by atoms with Crippen LogP contribution in [0.3, 0.4) is 0 Å². The Labute approximate surface area is 223 Å². The number of benzene rings is 2. The van der Waals surface area contributed by atoms with E-state index in [9.17, 15) is 18.4 Å². The van der Waals surface area contributed by atoms with Crippen molar-refractivity contribution in [1.29, 1.82) is 0 Å². The number of methoxy groups -OCH3 is 1. The van der Waals surface area contributed by atoms with Crippen molar-refractivity contribution in [2.75, 3.05) is 32.1 Å². The van der Waals surface area contributed by atoms with Gasteiger partial charge in [0, 0.05) is 53.6 Å². The Hall–Kier alpha value is -3.94. The van der Waals surface area contributed by atoms with Crippen molar-refractivity contribution in [1.82, 2.24) is 15.4 Å². The molecule has 212 valence electrons. The van der Waals surface area contributed by atoms with Gasteiger partial charge in [-0.3, -0.25) is 14.6 Å². The number of nitrogens with zero attached hydrogens (tertiary/aromatic N) is 2. The fourth-order valence-corrected chi connectivity index (χ4v) is 4.31. The maximum atomic E-state index is 14.7. The van der Waals surface area contributed by atoms with Crippen LogP contribution in [0.5, 0.6) is 5.75 Å². The Morgan fingerprint density at radius 2 is 1.82 bits per heavy atom. The highest BCUT2D eigenvalue weighted by atomic mass is 19.3. The summed E-state index contributed by atoms with van der Waals surface area (Å²) in [5, 5.41) is 32.8. The van der Waals surface area contributed by atoms with Gasteiger partial charge in [0.1, 0.15) is 11.6 Å². The van der Waals surface area contributed by atoms with Crippen LogP contribution in [0.1, 0.15) is 47.8 Å². The van der Waals surface area contributed by atoms with Crippen LogP contribution in [0.2, 0.25) is 0 Å². The normalized spacial score (nSPS) is 15.8. The summed E-state index contributed by atoms with van der Waals surface area (Å²) in [6, 6.07) is 8.69. The van der Waals surface area contributed by atoms with E-state index in [1.54, 1.807) is 14.0 Å². The van der Waals surface area contributed by atoms with E-state index >= 15 is 0 Å². The average Bonchev–Trinajstić information content (AvgIpc) is 2.89. The number of rotatable bonds is 6. The number of hydroxylamine groups is 2. The average molecular weight is 553 g/mol. The fraction of sp³-hybridized carbons (Fsp3) is 0.346. The molecule has 2 atom stereocenters. The summed E-state index contributed by atoms with van der Waals surface area (Å²) in [7, 11) is 1.57. The number of pyridine rings is 1. The topological polar surface area (TPSA) is 144 Å². The predicted octanol–water partition coefficient (Wildman–Crippen LogP) is 4.54. The lowest BCUT2D eigenvalue weighted by molar-refractivity contribution is -0.138. The zero-order valence-corrected chi connectivity index (χ0v) is 21.6. The standard InChI is InChI=1S/C24H27F3N4O2.2CH2O2/c1-13-9-19(30-14(2)15-5-4-6-16(23(15)25)24(26)27)17-10-18(21-12-28-7-8-31(21)32)22(33-3)11-20(17)29-13;2*2-1-3/h4-6,9-11,14,21,24,28,32H,7-8,12H2,1-3H3,(H,29,30);2*1H,(H,2,3)/t14?,21-;;/m0../s1. The molecule has 1 unspecified atom stereocenters. The number of hydrogen-bond acceptors (Lipinski definition) is 8. The van der Waals surface area contributed by atoms with Crippen LogP contribution in [-0.4, -0.2) is 65.2 Å². The molecule has 0 radical (unpaired) electrons. The molecule has 0 bridgehead atoms. The number of carboxylic acid groups (broad SMARTS) is 2. The first kappa shape index (κ1) is 31.3. The number of ether oxygens (including phenoxy) is 1. The summed E-state index contributed by atoms with van der Waals surface area (Å²) < 4.78 is 46.7. The minimum atomic E-state index is -2.89. The van der Waals surface area contributed by atoms with Crippen LogP contribution in [0, 0.1) is 12.7 Å². The summed E-state index contributed by atoms with van der Waals surface area (Å²) in [5.74, 6) is -0.308. The lowest BCUT2D eigenvalue weighted by Gasteiger charge is -2.32. The number of fused-ring (bicyclic) bond motifs is 1. The second-order valence-electron chi connectivity index (χ2n) is 8.43. The lowest BCUT2D eigenvalue weighted by Crippen LogP contribution is -2.44. The van der Waals surface area contributed by atoms with Crippen molar-refractivity contribution >= 4 is 29.5 Å². The molecule has 5 N–H and O–H groups in total. The van der Waals surface area contributed by atoms with Gasteiger partial charge in [-0.1, -0.05) is 18.2 Å². The quantitative estimate of drug-likeness (QED) is 0.277. The van der Waals surface area contributed by atoms with Gasteiger partial charge in [0.25, 0.3) is 19.4 Å². The molecule has 0 saturated carbocycles. The van der Waals surface area contributed by atoms with E-state index in [1.807, 2.05) is 25.1 Å². The van der Waals surface area contributed by atoms with Crippen LogP contribution in [-0.2, 0) is 9.59 Å². The molecule has 2 heterocycles. The largest absolute Gasteiger partial charge is 0.496 e. The highest BCUT2D eigenvalue weighted by Gasteiger charge is 2.27. The van der Waals surface area contributed by atoms with Gasteiger partial charge in [0.2, 0.25) is 0 Å². The van der Waals surface area contributed by atoms with Crippen LogP contribution < -0.4 is 15.4 Å². The Morgan fingerprint density at radius 3 is 2.41 bits per heavy atom. The number of halogens is 3. The first-order chi connectivity index (χ1) is 18.6. The van der Waals surface area contributed by atoms with Crippen molar-refractivity contribution in [2.24, 2.45) is 0 Å². The van der Waals surface area contributed by atoms with E-state index in [-0.39, 0.29) is 24.5 Å². The van der Waals surface area contributed by atoms with Crippen molar-refractivity contribution < 1.29 is 42.9 Å². The second kappa shape index (κ2) is 14.9. The van der Waals surface area contributed by atoms with E-state index in [4.69, 9.17) is 24.5 Å². The second-order valence-corrected chi connectivity index (χ2v) is 8.43. The summed E-state index contributed by atoms with van der Waals surface area (Å²) in [4.78, 5) is 21.3. The van der Waals surface area contributed by atoms with Crippen LogP contribution in [0.4, 0.5) is 18.9 Å². The molecular weight excluding hydrogens is 521 g/mol. The van der Waals surface area contributed by atoms with Crippen molar-refractivity contribution in [2.45, 2.75) is 32.4 Å². The highest BCUT2D eigenvalue weighted by molar-refractivity contribution is 5.93. The fourth-order valence-electron chi connectivity index (χ4n) is 4.31. The number of anilines is 1. The van der Waals surface area contributed by atoms with Crippen LogP contribution >= 0.6 is 0 Å². The molecule has 1 aliphatic heterocycles. The number of alkyl halides is 2. The molecular formula is C26H31F3N4O6. The van der Waals surface area contributed by atoms with Gasteiger partial charge in [-0.05, 0) is 26.0 Å². The number of carbonyl (C=O) groups is 2.